The molecule has 0 saturated heterocycles. The molecule has 0 fully saturated rings. The third-order valence-corrected chi connectivity index (χ3v) is 3.57. The summed E-state index contributed by atoms with van der Waals surface area (Å²) >= 11 is 6.05. The first-order valence-electron chi connectivity index (χ1n) is 5.98. The van der Waals surface area contributed by atoms with E-state index in [1.807, 2.05) is 0 Å². The molecule has 0 heterocycles. The van der Waals surface area contributed by atoms with Crippen molar-refractivity contribution in [1.29, 1.82) is 0 Å². The summed E-state index contributed by atoms with van der Waals surface area (Å²) in [7, 11) is 0. The van der Waals surface area contributed by atoms with Crippen molar-refractivity contribution >= 4 is 34.5 Å². The molecule has 0 spiro atoms. The molecule has 3 nitrogen and oxygen atoms in total. The van der Waals surface area contributed by atoms with Gasteiger partial charge >= 0.3 is 0 Å². The summed E-state index contributed by atoms with van der Waals surface area (Å²) in [6.45, 7) is 0. The zero-order valence-electron chi connectivity index (χ0n) is 10.3. The Labute approximate surface area is 120 Å². The molecule has 2 aromatic carbocycles. The molecule has 0 aliphatic heterocycles. The molecule has 0 aromatic heterocycles. The van der Waals surface area contributed by atoms with Gasteiger partial charge in [0.25, 0.3) is 0 Å². The summed E-state index contributed by atoms with van der Waals surface area (Å²) in [5.41, 5.74) is 0.886. The second kappa shape index (κ2) is 4.62. The van der Waals surface area contributed by atoms with Crippen LogP contribution in [0.25, 0.3) is 11.3 Å². The molecule has 20 heavy (non-hydrogen) atoms. The van der Waals surface area contributed by atoms with Crippen LogP contribution >= 0.6 is 11.6 Å². The average Bonchev–Trinajstić information content (AvgIpc) is 2.47. The number of hydrogen-bond acceptors (Lipinski definition) is 3. The van der Waals surface area contributed by atoms with E-state index in [1.165, 1.54) is 6.07 Å². The number of allylic oxidation sites excluding steroid dienone is 1. The van der Waals surface area contributed by atoms with Crippen molar-refractivity contribution in [2.75, 3.05) is 0 Å². The third-order valence-electron chi connectivity index (χ3n) is 3.24. The molecule has 1 aliphatic rings. The predicted octanol–water partition coefficient (Wildman–Crippen LogP) is 3.53. The standard InChI is InChI=1S/C16H9ClO3/c17-12-8-4-3-7-11(12)13-14(18)9-5-1-2-6-10(9)15(19)16(13)20/h1-8,18H. The van der Waals surface area contributed by atoms with Crippen LogP contribution in [0.2, 0.25) is 5.02 Å². The molecule has 0 amide bonds. The van der Waals surface area contributed by atoms with Gasteiger partial charge in [0.05, 0.1) is 5.57 Å². The number of carbonyl (C=O) groups excluding carboxylic acids is 2. The lowest BCUT2D eigenvalue weighted by atomic mass is 9.85. The van der Waals surface area contributed by atoms with Crippen LogP contribution in [0, 0.1) is 0 Å². The SMILES string of the molecule is O=C1C(=O)c2ccccc2C(O)=C1c1ccccc1Cl. The molecular formula is C16H9ClO3. The predicted molar refractivity (Wildman–Crippen MR) is 76.7 cm³/mol. The molecule has 4 heteroatoms. The molecule has 0 bridgehead atoms. The molecule has 0 radical (unpaired) electrons. The number of Topliss-reactive ketones (excluding diaryl/α,β-unsaturated/α-hetero) is 2. The number of carbonyl (C=O) groups is 2. The maximum Gasteiger partial charge on any atom is 0.237 e. The van der Waals surface area contributed by atoms with Crippen molar-refractivity contribution in [2.45, 2.75) is 0 Å². The van der Waals surface area contributed by atoms with Crippen molar-refractivity contribution in [3.8, 4) is 0 Å². The Morgan fingerprint density at radius 3 is 1.95 bits per heavy atom. The number of aliphatic hydroxyl groups is 1. The molecule has 2 aromatic rings. The maximum atomic E-state index is 12.2. The van der Waals surface area contributed by atoms with Gasteiger partial charge in [0.2, 0.25) is 11.6 Å². The fraction of sp³-hybridized carbons (Fsp3) is 0. The van der Waals surface area contributed by atoms with Crippen molar-refractivity contribution in [3.63, 3.8) is 0 Å². The van der Waals surface area contributed by atoms with Crippen molar-refractivity contribution in [2.24, 2.45) is 0 Å². The second-order valence-corrected chi connectivity index (χ2v) is 4.81. The van der Waals surface area contributed by atoms with E-state index in [4.69, 9.17) is 11.6 Å². The van der Waals surface area contributed by atoms with Gasteiger partial charge in [0.15, 0.2) is 0 Å². The van der Waals surface area contributed by atoms with Crippen LogP contribution in [-0.4, -0.2) is 16.7 Å². The summed E-state index contributed by atoms with van der Waals surface area (Å²) in [4.78, 5) is 24.3. The number of ketones is 2. The fourth-order valence-electron chi connectivity index (χ4n) is 2.28. The number of benzene rings is 2. The van der Waals surface area contributed by atoms with Gasteiger partial charge in [-0.3, -0.25) is 9.59 Å². The van der Waals surface area contributed by atoms with Crippen LogP contribution in [0.3, 0.4) is 0 Å². The van der Waals surface area contributed by atoms with Gasteiger partial charge in [-0.25, -0.2) is 0 Å². The minimum atomic E-state index is -0.741. The van der Waals surface area contributed by atoms with Gasteiger partial charge < -0.3 is 5.11 Å². The second-order valence-electron chi connectivity index (χ2n) is 4.41. The third kappa shape index (κ3) is 1.75. The zero-order chi connectivity index (χ0) is 14.3. The van der Waals surface area contributed by atoms with Gasteiger partial charge in [-0.2, -0.15) is 0 Å². The topological polar surface area (TPSA) is 54.4 Å². The molecule has 0 saturated carbocycles. The highest BCUT2D eigenvalue weighted by molar-refractivity contribution is 6.62. The quantitative estimate of drug-likeness (QED) is 0.815. The van der Waals surface area contributed by atoms with Crippen LogP contribution in [0.5, 0.6) is 0 Å². The largest absolute Gasteiger partial charge is 0.506 e. The Morgan fingerprint density at radius 1 is 0.750 bits per heavy atom. The normalized spacial score (nSPS) is 14.4. The Morgan fingerprint density at radius 2 is 1.30 bits per heavy atom. The highest BCUT2D eigenvalue weighted by Crippen LogP contribution is 2.35. The smallest absolute Gasteiger partial charge is 0.237 e. The number of aliphatic hydroxyl groups excluding tert-OH is 1. The van der Waals surface area contributed by atoms with Gasteiger partial charge in [0.1, 0.15) is 5.76 Å². The first-order chi connectivity index (χ1) is 9.61. The molecular weight excluding hydrogens is 276 g/mol. The number of fused-ring (bicyclic) bond motifs is 1. The zero-order valence-corrected chi connectivity index (χ0v) is 11.0. The minimum absolute atomic E-state index is 0.0423. The van der Waals surface area contributed by atoms with E-state index < -0.39 is 11.6 Å². The molecule has 3 rings (SSSR count). The van der Waals surface area contributed by atoms with E-state index in [0.717, 1.165) is 0 Å². The summed E-state index contributed by atoms with van der Waals surface area (Å²) < 4.78 is 0. The molecule has 1 aliphatic carbocycles. The maximum absolute atomic E-state index is 12.2. The fourth-order valence-corrected chi connectivity index (χ4v) is 2.51. The Bertz CT molecular complexity index is 775. The molecule has 0 atom stereocenters. The first kappa shape index (κ1) is 12.6. The van der Waals surface area contributed by atoms with Crippen LogP contribution in [0.15, 0.2) is 48.5 Å². The average molecular weight is 285 g/mol. The highest BCUT2D eigenvalue weighted by Gasteiger charge is 2.34. The van der Waals surface area contributed by atoms with Crippen LogP contribution in [0.1, 0.15) is 21.5 Å². The van der Waals surface area contributed by atoms with Gasteiger partial charge in [-0.05, 0) is 6.07 Å². The summed E-state index contributed by atoms with van der Waals surface area (Å²) in [6, 6.07) is 13.1. The Balaban J connectivity index is 2.33. The summed E-state index contributed by atoms with van der Waals surface area (Å²) in [5, 5.41) is 10.6. The number of hydrogen-bond donors (Lipinski definition) is 1. The highest BCUT2D eigenvalue weighted by atomic mass is 35.5. The molecule has 0 unspecified atom stereocenters. The Hall–Kier alpha value is -2.39. The van der Waals surface area contributed by atoms with E-state index in [0.29, 0.717) is 16.1 Å². The van der Waals surface area contributed by atoms with Gasteiger partial charge in [-0.1, -0.05) is 54.1 Å². The van der Waals surface area contributed by atoms with Crippen LogP contribution in [0.4, 0.5) is 0 Å². The van der Waals surface area contributed by atoms with Gasteiger partial charge in [0, 0.05) is 21.7 Å². The van der Waals surface area contributed by atoms with Crippen molar-refractivity contribution < 1.29 is 14.7 Å². The monoisotopic (exact) mass is 284 g/mol. The lowest BCUT2D eigenvalue weighted by molar-refractivity contribution is -0.110. The minimum Gasteiger partial charge on any atom is -0.506 e. The lowest BCUT2D eigenvalue weighted by Crippen LogP contribution is -2.23. The Kier molecular flexibility index (Phi) is 2.92. The van der Waals surface area contributed by atoms with Crippen LogP contribution < -0.4 is 0 Å². The first-order valence-corrected chi connectivity index (χ1v) is 6.35. The summed E-state index contributed by atoms with van der Waals surface area (Å²) in [6.07, 6.45) is 0. The van der Waals surface area contributed by atoms with E-state index >= 15 is 0 Å². The molecule has 98 valence electrons. The summed E-state index contributed by atoms with van der Waals surface area (Å²) in [5.74, 6) is -1.58. The van der Waals surface area contributed by atoms with Gasteiger partial charge in [-0.15, -0.1) is 0 Å². The van der Waals surface area contributed by atoms with E-state index in [2.05, 4.69) is 0 Å². The lowest BCUT2D eigenvalue weighted by Gasteiger charge is -2.18. The molecule has 1 N–H and O–H groups in total. The number of halogens is 1. The number of rotatable bonds is 1. The van der Waals surface area contributed by atoms with E-state index in [9.17, 15) is 14.7 Å². The van der Waals surface area contributed by atoms with Crippen molar-refractivity contribution in [1.82, 2.24) is 0 Å². The van der Waals surface area contributed by atoms with E-state index in [-0.39, 0.29) is 16.9 Å². The van der Waals surface area contributed by atoms with E-state index in [1.54, 1.807) is 42.5 Å². The van der Waals surface area contributed by atoms with Crippen LogP contribution in [-0.2, 0) is 4.79 Å². The van der Waals surface area contributed by atoms with Crippen molar-refractivity contribution in [3.05, 3.63) is 70.2 Å².